The fourth-order valence-corrected chi connectivity index (χ4v) is 5.08. The van der Waals surface area contributed by atoms with E-state index in [2.05, 4.69) is 33.9 Å². The lowest BCUT2D eigenvalue weighted by Crippen LogP contribution is -2.47. The van der Waals surface area contributed by atoms with Crippen LogP contribution in [0.5, 0.6) is 0 Å². The molecule has 2 aliphatic heterocycles. The van der Waals surface area contributed by atoms with E-state index < -0.39 is 0 Å². The molecule has 8 nitrogen and oxygen atoms in total. The predicted molar refractivity (Wildman–Crippen MR) is 148 cm³/mol. The Morgan fingerprint density at radius 3 is 1.84 bits per heavy atom. The molecule has 2 fully saturated rings. The highest BCUT2D eigenvalue weighted by Gasteiger charge is 2.24. The zero-order chi connectivity index (χ0) is 25.9. The fraction of sp³-hybridized carbons (Fsp3) is 0.357. The van der Waals surface area contributed by atoms with Gasteiger partial charge in [-0.05, 0) is 32.3 Å². The van der Waals surface area contributed by atoms with Gasteiger partial charge in [-0.25, -0.2) is 0 Å². The Balaban J connectivity index is 0.000000152. The highest BCUT2D eigenvalue weighted by atomic mass is 35.5. The largest absolute Gasteiger partial charge is 0.351 e. The number of nitrogens with zero attached hydrogens (tertiary/aromatic N) is 4. The van der Waals surface area contributed by atoms with Crippen molar-refractivity contribution in [2.45, 2.75) is 0 Å². The maximum Gasteiger partial charge on any atom is 0.271 e. The Hall–Kier alpha value is -3.33. The van der Waals surface area contributed by atoms with Gasteiger partial charge in [0.25, 0.3) is 11.8 Å². The number of benzene rings is 2. The molecule has 0 bridgehead atoms. The highest BCUT2D eigenvalue weighted by molar-refractivity contribution is 6.38. The van der Waals surface area contributed by atoms with Gasteiger partial charge in [0.1, 0.15) is 11.4 Å². The SMILES string of the molecule is CN1CCN(C(=O)c2[nH]c3ccccc3c2Cl)CC1.CN1CCN(C(=O)c2cc3ccccc3[nH]2)CC1. The maximum absolute atomic E-state index is 12.5. The van der Waals surface area contributed by atoms with E-state index in [9.17, 15) is 9.59 Å². The Labute approximate surface area is 221 Å². The van der Waals surface area contributed by atoms with Crippen molar-refractivity contribution in [3.8, 4) is 0 Å². The van der Waals surface area contributed by atoms with Crippen LogP contribution in [0.15, 0.2) is 54.6 Å². The first-order valence-electron chi connectivity index (χ1n) is 12.7. The number of rotatable bonds is 2. The number of hydrogen-bond acceptors (Lipinski definition) is 4. The van der Waals surface area contributed by atoms with Crippen molar-refractivity contribution in [1.82, 2.24) is 29.6 Å². The van der Waals surface area contributed by atoms with Gasteiger partial charge in [0, 0.05) is 74.2 Å². The molecular weight excluding hydrogens is 488 g/mol. The molecule has 194 valence electrons. The smallest absolute Gasteiger partial charge is 0.271 e. The fourth-order valence-electron chi connectivity index (χ4n) is 4.79. The Morgan fingerprint density at radius 1 is 0.703 bits per heavy atom. The Kier molecular flexibility index (Phi) is 7.50. The van der Waals surface area contributed by atoms with Gasteiger partial charge in [-0.2, -0.15) is 0 Å². The minimum absolute atomic E-state index is 0.00528. The summed E-state index contributed by atoms with van der Waals surface area (Å²) < 4.78 is 0. The van der Waals surface area contributed by atoms with E-state index in [-0.39, 0.29) is 11.8 Å². The summed E-state index contributed by atoms with van der Waals surface area (Å²) in [6.45, 7) is 6.84. The Morgan fingerprint density at radius 2 is 1.24 bits per heavy atom. The number of halogens is 1. The van der Waals surface area contributed by atoms with Crippen LogP contribution in [-0.4, -0.2) is 108 Å². The van der Waals surface area contributed by atoms with Gasteiger partial charge >= 0.3 is 0 Å². The van der Waals surface area contributed by atoms with Crippen molar-refractivity contribution in [3.05, 3.63) is 71.0 Å². The number of amides is 2. The molecule has 4 aromatic rings. The number of nitrogens with one attached hydrogen (secondary N) is 2. The van der Waals surface area contributed by atoms with Gasteiger partial charge in [-0.15, -0.1) is 0 Å². The van der Waals surface area contributed by atoms with Gasteiger partial charge < -0.3 is 29.6 Å². The van der Waals surface area contributed by atoms with Crippen LogP contribution in [0.4, 0.5) is 0 Å². The maximum atomic E-state index is 12.5. The number of aromatic nitrogens is 2. The third-order valence-electron chi connectivity index (χ3n) is 7.20. The first-order chi connectivity index (χ1) is 17.9. The topological polar surface area (TPSA) is 78.7 Å². The summed E-state index contributed by atoms with van der Waals surface area (Å²) in [6.07, 6.45) is 0. The number of fused-ring (bicyclic) bond motifs is 2. The molecule has 37 heavy (non-hydrogen) atoms. The number of carbonyl (C=O) groups is 2. The number of para-hydroxylation sites is 2. The standard InChI is InChI=1S/C14H16ClN3O.C14H17N3O/c1-17-6-8-18(9-7-17)14(19)13-12(15)10-4-2-3-5-11(10)16-13;1-16-6-8-17(9-7-16)14(18)13-10-11-4-2-3-5-12(11)15-13/h2-5,16H,6-9H2,1H3;2-5,10,15H,6-9H2,1H3. The molecular formula is C28H33ClN6O2. The second kappa shape index (κ2) is 11.0. The summed E-state index contributed by atoms with van der Waals surface area (Å²) >= 11 is 6.31. The van der Waals surface area contributed by atoms with E-state index in [0.717, 1.165) is 74.2 Å². The molecule has 6 rings (SSSR count). The van der Waals surface area contributed by atoms with E-state index in [4.69, 9.17) is 11.6 Å². The molecule has 0 unspecified atom stereocenters. The number of likely N-dealkylation sites (N-methyl/N-ethyl adjacent to an activating group) is 2. The second-order valence-electron chi connectivity index (χ2n) is 9.82. The van der Waals surface area contributed by atoms with Crippen molar-refractivity contribution in [1.29, 1.82) is 0 Å². The minimum Gasteiger partial charge on any atom is -0.351 e. The van der Waals surface area contributed by atoms with Gasteiger partial charge in [0.05, 0.1) is 5.02 Å². The van der Waals surface area contributed by atoms with Crippen LogP contribution in [0.3, 0.4) is 0 Å². The molecule has 2 saturated heterocycles. The molecule has 4 heterocycles. The van der Waals surface area contributed by atoms with Gasteiger partial charge in [0.15, 0.2) is 0 Å². The monoisotopic (exact) mass is 520 g/mol. The molecule has 0 saturated carbocycles. The first kappa shape index (κ1) is 25.3. The molecule has 0 atom stereocenters. The van der Waals surface area contributed by atoms with Crippen LogP contribution in [-0.2, 0) is 0 Å². The lowest BCUT2D eigenvalue weighted by molar-refractivity contribution is 0.0652. The van der Waals surface area contributed by atoms with Crippen LogP contribution in [0.1, 0.15) is 21.0 Å². The summed E-state index contributed by atoms with van der Waals surface area (Å²) in [5.41, 5.74) is 3.13. The zero-order valence-electron chi connectivity index (χ0n) is 21.3. The van der Waals surface area contributed by atoms with Crippen LogP contribution >= 0.6 is 11.6 Å². The summed E-state index contributed by atoms with van der Waals surface area (Å²) in [5.74, 6) is 0.105. The Bertz CT molecular complexity index is 1360. The molecule has 2 aromatic heterocycles. The van der Waals surface area contributed by atoms with Gasteiger partial charge in [-0.3, -0.25) is 9.59 Å². The van der Waals surface area contributed by atoms with E-state index in [1.54, 1.807) is 0 Å². The summed E-state index contributed by atoms with van der Waals surface area (Å²) in [5, 5.41) is 2.52. The van der Waals surface area contributed by atoms with Crippen LogP contribution in [0, 0.1) is 0 Å². The summed E-state index contributed by atoms with van der Waals surface area (Å²) in [7, 11) is 4.16. The minimum atomic E-state index is -0.00528. The van der Waals surface area contributed by atoms with E-state index in [1.165, 1.54) is 0 Å². The number of H-pyrrole nitrogens is 2. The third-order valence-corrected chi connectivity index (χ3v) is 7.59. The number of carbonyl (C=O) groups excluding carboxylic acids is 2. The third kappa shape index (κ3) is 5.51. The highest BCUT2D eigenvalue weighted by Crippen LogP contribution is 2.28. The number of piperazine rings is 2. The molecule has 0 aliphatic carbocycles. The molecule has 9 heteroatoms. The summed E-state index contributed by atoms with van der Waals surface area (Å²) in [6, 6.07) is 17.6. The average molecular weight is 521 g/mol. The van der Waals surface area contributed by atoms with Crippen molar-refractivity contribution in [2.75, 3.05) is 66.5 Å². The first-order valence-corrected chi connectivity index (χ1v) is 13.1. The summed E-state index contributed by atoms with van der Waals surface area (Å²) in [4.78, 5) is 39.4. The predicted octanol–water partition coefficient (Wildman–Crippen LogP) is 3.76. The molecule has 2 aliphatic rings. The number of aromatic amines is 2. The van der Waals surface area contributed by atoms with Crippen molar-refractivity contribution < 1.29 is 9.59 Å². The van der Waals surface area contributed by atoms with Crippen molar-refractivity contribution >= 4 is 45.2 Å². The number of hydrogen-bond donors (Lipinski definition) is 2. The lowest BCUT2D eigenvalue weighted by Gasteiger charge is -2.32. The normalized spacial score (nSPS) is 17.2. The van der Waals surface area contributed by atoms with E-state index >= 15 is 0 Å². The average Bonchev–Trinajstić information content (AvgIpc) is 3.51. The molecule has 2 aromatic carbocycles. The van der Waals surface area contributed by atoms with Gasteiger partial charge in [-0.1, -0.05) is 48.0 Å². The van der Waals surface area contributed by atoms with Crippen LogP contribution < -0.4 is 0 Å². The van der Waals surface area contributed by atoms with E-state index in [1.807, 2.05) is 64.4 Å². The quantitative estimate of drug-likeness (QED) is 0.422. The zero-order valence-corrected chi connectivity index (χ0v) is 22.1. The van der Waals surface area contributed by atoms with Crippen molar-refractivity contribution in [3.63, 3.8) is 0 Å². The molecule has 0 radical (unpaired) electrons. The molecule has 2 N–H and O–H groups in total. The lowest BCUT2D eigenvalue weighted by atomic mass is 10.2. The van der Waals surface area contributed by atoms with E-state index in [0.29, 0.717) is 16.4 Å². The second-order valence-corrected chi connectivity index (χ2v) is 10.2. The van der Waals surface area contributed by atoms with Crippen LogP contribution in [0.25, 0.3) is 21.8 Å². The molecule has 0 spiro atoms. The van der Waals surface area contributed by atoms with Gasteiger partial charge in [0.2, 0.25) is 0 Å². The van der Waals surface area contributed by atoms with Crippen LogP contribution in [0.2, 0.25) is 5.02 Å². The van der Waals surface area contributed by atoms with Crippen molar-refractivity contribution in [2.24, 2.45) is 0 Å². The molecule has 2 amide bonds.